The molecule has 1 aromatic carbocycles. The first kappa shape index (κ1) is 15.9. The lowest BCUT2D eigenvalue weighted by molar-refractivity contribution is 0.432. The number of nitrogens with one attached hydrogen (secondary N) is 1. The number of hydrogen-bond acceptors (Lipinski definition) is 4. The molecule has 2 aromatic rings. The Morgan fingerprint density at radius 3 is 2.43 bits per heavy atom. The average Bonchev–Trinajstić information content (AvgIpc) is 2.41. The normalized spacial score (nSPS) is 11.5. The summed E-state index contributed by atoms with van der Waals surface area (Å²) in [6.45, 7) is 6.20. The molecule has 0 bridgehead atoms. The van der Waals surface area contributed by atoms with Crippen molar-refractivity contribution in [1.82, 2.24) is 9.97 Å². The molecule has 6 heteroatoms. The highest BCUT2D eigenvalue weighted by Gasteiger charge is 2.23. The maximum Gasteiger partial charge on any atom is 0.165 e. The Morgan fingerprint density at radius 1 is 1.24 bits per heavy atom. The van der Waals surface area contributed by atoms with Crippen LogP contribution in [-0.4, -0.2) is 22.1 Å². The maximum atomic E-state index is 13.5. The van der Waals surface area contributed by atoms with Crippen LogP contribution < -0.4 is 5.32 Å². The van der Waals surface area contributed by atoms with Crippen LogP contribution >= 0.6 is 22.6 Å². The van der Waals surface area contributed by atoms with Gasteiger partial charge in [0.2, 0.25) is 0 Å². The third-order valence-corrected chi connectivity index (χ3v) is 4.03. The number of aromatic nitrogens is 2. The molecule has 4 nitrogen and oxygen atoms in total. The van der Waals surface area contributed by atoms with E-state index in [1.54, 1.807) is 13.1 Å². The Hall–Kier alpha value is -1.44. The summed E-state index contributed by atoms with van der Waals surface area (Å²) in [6, 6.07) is 4.15. The molecule has 0 saturated heterocycles. The first-order valence-corrected chi connectivity index (χ1v) is 7.56. The van der Waals surface area contributed by atoms with Crippen LogP contribution in [0.5, 0.6) is 5.75 Å². The number of rotatable bonds is 2. The van der Waals surface area contributed by atoms with Gasteiger partial charge in [-0.25, -0.2) is 14.4 Å². The van der Waals surface area contributed by atoms with Gasteiger partial charge in [0.25, 0.3) is 0 Å². The molecular weight excluding hydrogens is 384 g/mol. The number of phenols is 1. The van der Waals surface area contributed by atoms with Crippen LogP contribution in [0.15, 0.2) is 18.2 Å². The van der Waals surface area contributed by atoms with E-state index in [1.165, 1.54) is 12.1 Å². The average molecular weight is 401 g/mol. The Kier molecular flexibility index (Phi) is 4.36. The molecule has 0 amide bonds. The van der Waals surface area contributed by atoms with Gasteiger partial charge in [-0.3, -0.25) is 0 Å². The zero-order valence-electron chi connectivity index (χ0n) is 12.3. The van der Waals surface area contributed by atoms with E-state index in [2.05, 4.69) is 58.6 Å². The van der Waals surface area contributed by atoms with Gasteiger partial charge in [-0.2, -0.15) is 0 Å². The van der Waals surface area contributed by atoms with Crippen LogP contribution in [0.3, 0.4) is 0 Å². The smallest absolute Gasteiger partial charge is 0.165 e. The Morgan fingerprint density at radius 2 is 1.90 bits per heavy atom. The highest BCUT2D eigenvalue weighted by atomic mass is 127. The Bertz CT molecular complexity index is 683. The summed E-state index contributed by atoms with van der Waals surface area (Å²) >= 11 is 2.21. The number of benzene rings is 1. The third kappa shape index (κ3) is 3.25. The van der Waals surface area contributed by atoms with Crippen molar-refractivity contribution in [3.8, 4) is 17.1 Å². The molecule has 0 aliphatic carbocycles. The lowest BCUT2D eigenvalue weighted by Gasteiger charge is -2.21. The highest BCUT2D eigenvalue weighted by molar-refractivity contribution is 14.1. The Labute approximate surface area is 137 Å². The van der Waals surface area contributed by atoms with E-state index in [0.29, 0.717) is 17.2 Å². The van der Waals surface area contributed by atoms with Gasteiger partial charge in [-0.15, -0.1) is 0 Å². The summed E-state index contributed by atoms with van der Waals surface area (Å²) in [6.07, 6.45) is 0. The van der Waals surface area contributed by atoms with E-state index in [1.807, 2.05) is 0 Å². The third-order valence-electron chi connectivity index (χ3n) is 3.00. The van der Waals surface area contributed by atoms with Gasteiger partial charge in [-0.1, -0.05) is 20.8 Å². The van der Waals surface area contributed by atoms with E-state index < -0.39 is 5.82 Å². The molecule has 0 spiro atoms. The molecule has 0 aliphatic heterocycles. The molecular formula is C15H17FIN3O. The SMILES string of the molecule is CNc1nc(-c2ccc(O)c(F)c2)nc(C(C)(C)C)c1I. The van der Waals surface area contributed by atoms with Crippen molar-refractivity contribution in [2.75, 3.05) is 12.4 Å². The molecule has 2 rings (SSSR count). The zero-order chi connectivity index (χ0) is 15.8. The van der Waals surface area contributed by atoms with Gasteiger partial charge in [0, 0.05) is 18.0 Å². The predicted octanol–water partition coefficient (Wildman–Crippen LogP) is 3.93. The number of hydrogen-bond donors (Lipinski definition) is 2. The van der Waals surface area contributed by atoms with Crippen molar-refractivity contribution in [2.45, 2.75) is 26.2 Å². The molecule has 21 heavy (non-hydrogen) atoms. The van der Waals surface area contributed by atoms with E-state index >= 15 is 0 Å². The predicted molar refractivity (Wildman–Crippen MR) is 90.1 cm³/mol. The van der Waals surface area contributed by atoms with E-state index in [0.717, 1.165) is 9.26 Å². The van der Waals surface area contributed by atoms with Gasteiger partial charge >= 0.3 is 0 Å². The summed E-state index contributed by atoms with van der Waals surface area (Å²) in [7, 11) is 1.79. The quantitative estimate of drug-likeness (QED) is 0.749. The first-order valence-electron chi connectivity index (χ1n) is 6.48. The fourth-order valence-corrected chi connectivity index (χ4v) is 3.20. The molecule has 2 N–H and O–H groups in total. The summed E-state index contributed by atoms with van der Waals surface area (Å²) < 4.78 is 14.5. The largest absolute Gasteiger partial charge is 0.505 e. The molecule has 0 atom stereocenters. The maximum absolute atomic E-state index is 13.5. The summed E-state index contributed by atoms with van der Waals surface area (Å²) in [5.74, 6) is 0.0784. The number of anilines is 1. The van der Waals surface area contributed by atoms with Gasteiger partial charge in [0.1, 0.15) is 5.82 Å². The number of halogens is 2. The molecule has 1 aromatic heterocycles. The van der Waals surface area contributed by atoms with Crippen molar-refractivity contribution < 1.29 is 9.50 Å². The van der Waals surface area contributed by atoms with Crippen LogP contribution in [-0.2, 0) is 5.41 Å². The second kappa shape index (κ2) is 5.75. The molecule has 0 saturated carbocycles. The fourth-order valence-electron chi connectivity index (χ4n) is 1.88. The molecule has 0 aliphatic rings. The van der Waals surface area contributed by atoms with Gasteiger partial charge in [-0.05, 0) is 40.8 Å². The molecule has 0 radical (unpaired) electrons. The van der Waals surface area contributed by atoms with E-state index in [-0.39, 0.29) is 11.2 Å². The fraction of sp³-hybridized carbons (Fsp3) is 0.333. The lowest BCUT2D eigenvalue weighted by Crippen LogP contribution is -2.18. The topological polar surface area (TPSA) is 58.0 Å². The van der Waals surface area contributed by atoms with Crippen molar-refractivity contribution >= 4 is 28.4 Å². The van der Waals surface area contributed by atoms with E-state index in [4.69, 9.17) is 0 Å². The van der Waals surface area contributed by atoms with E-state index in [9.17, 15) is 9.50 Å². The summed E-state index contributed by atoms with van der Waals surface area (Å²) in [5, 5.41) is 12.3. The molecule has 1 heterocycles. The lowest BCUT2D eigenvalue weighted by atomic mass is 9.91. The minimum atomic E-state index is -0.682. The number of phenolic OH excluding ortho intramolecular Hbond substituents is 1. The van der Waals surface area contributed by atoms with Crippen molar-refractivity contribution in [2.24, 2.45) is 0 Å². The second-order valence-corrected chi connectivity index (χ2v) is 6.80. The van der Waals surface area contributed by atoms with Gasteiger partial charge in [0.15, 0.2) is 17.4 Å². The molecule has 0 unspecified atom stereocenters. The van der Waals surface area contributed by atoms with Crippen LogP contribution in [0.1, 0.15) is 26.5 Å². The van der Waals surface area contributed by atoms with Crippen LogP contribution in [0, 0.1) is 9.39 Å². The standard InChI is InChI=1S/C15H17FIN3O/c1-15(2,3)12-11(17)14(18-4)20-13(19-12)8-5-6-10(21)9(16)7-8/h5-7,21H,1-4H3,(H,18,19,20). The van der Waals surface area contributed by atoms with Crippen LogP contribution in [0.4, 0.5) is 10.2 Å². The first-order chi connectivity index (χ1) is 9.74. The molecule has 0 fully saturated rings. The van der Waals surface area contributed by atoms with Crippen molar-refractivity contribution in [1.29, 1.82) is 0 Å². The van der Waals surface area contributed by atoms with Gasteiger partial charge in [0.05, 0.1) is 9.26 Å². The number of aromatic hydroxyl groups is 1. The van der Waals surface area contributed by atoms with Crippen molar-refractivity contribution in [3.05, 3.63) is 33.3 Å². The van der Waals surface area contributed by atoms with Gasteiger partial charge < -0.3 is 10.4 Å². The summed E-state index contributed by atoms with van der Waals surface area (Å²) in [4.78, 5) is 9.01. The summed E-state index contributed by atoms with van der Waals surface area (Å²) in [5.41, 5.74) is 1.27. The minimum Gasteiger partial charge on any atom is -0.505 e. The minimum absolute atomic E-state index is 0.157. The van der Waals surface area contributed by atoms with Crippen LogP contribution in [0.25, 0.3) is 11.4 Å². The van der Waals surface area contributed by atoms with Crippen LogP contribution in [0.2, 0.25) is 0 Å². The Balaban J connectivity index is 2.66. The highest BCUT2D eigenvalue weighted by Crippen LogP contribution is 2.32. The van der Waals surface area contributed by atoms with Crippen molar-refractivity contribution in [3.63, 3.8) is 0 Å². The molecule has 112 valence electrons. The monoisotopic (exact) mass is 401 g/mol. The number of nitrogens with zero attached hydrogens (tertiary/aromatic N) is 2. The zero-order valence-corrected chi connectivity index (χ0v) is 14.5. The second-order valence-electron chi connectivity index (χ2n) is 5.72.